The first-order chi connectivity index (χ1) is 17.9. The van der Waals surface area contributed by atoms with Gasteiger partial charge in [-0.2, -0.15) is 5.10 Å². The fourth-order valence-electron chi connectivity index (χ4n) is 6.37. The molecule has 0 bridgehead atoms. The second kappa shape index (κ2) is 8.71. The van der Waals surface area contributed by atoms with Crippen molar-refractivity contribution in [3.05, 3.63) is 119 Å². The van der Waals surface area contributed by atoms with Crippen molar-refractivity contribution in [1.29, 1.82) is 0 Å². The number of allylic oxidation sites excluding steroid dienone is 2. The van der Waals surface area contributed by atoms with Crippen LogP contribution in [-0.2, 0) is 16.6 Å². The first-order valence-corrected chi connectivity index (χ1v) is 12.9. The minimum Gasteiger partial charge on any atom is -0.308 e. The summed E-state index contributed by atoms with van der Waals surface area (Å²) in [4.78, 5) is 16.6. The molecule has 4 aromatic rings. The topological polar surface area (TPSA) is 39.2 Å². The van der Waals surface area contributed by atoms with Gasteiger partial charge in [0.15, 0.2) is 5.78 Å². The van der Waals surface area contributed by atoms with Crippen molar-refractivity contribution in [2.24, 2.45) is 11.8 Å². The molecule has 0 unspecified atom stereocenters. The number of fused-ring (bicyclic) bond motifs is 3. The molecule has 4 nitrogen and oxygen atoms in total. The van der Waals surface area contributed by atoms with E-state index in [1.165, 1.54) is 16.7 Å². The van der Waals surface area contributed by atoms with E-state index in [1.807, 2.05) is 31.2 Å². The lowest BCUT2D eigenvalue weighted by Gasteiger charge is -2.45. The highest BCUT2D eigenvalue weighted by Gasteiger charge is 2.50. The predicted octanol–water partition coefficient (Wildman–Crippen LogP) is 7.36. The van der Waals surface area contributed by atoms with E-state index < -0.39 is 5.41 Å². The first kappa shape index (κ1) is 23.2. The normalized spacial score (nSPS) is 22.5. The Balaban J connectivity index is 1.55. The quantitative estimate of drug-likeness (QED) is 0.286. The highest BCUT2D eigenvalue weighted by Crippen LogP contribution is 2.52. The Morgan fingerprint density at radius 1 is 0.946 bits per heavy atom. The van der Waals surface area contributed by atoms with Crippen LogP contribution in [0.2, 0.25) is 0 Å². The number of hydrogen-bond acceptors (Lipinski definition) is 2. The van der Waals surface area contributed by atoms with Gasteiger partial charge in [-0.05, 0) is 48.9 Å². The maximum atomic E-state index is 12.9. The highest BCUT2D eigenvalue weighted by molar-refractivity contribution is 6.00. The maximum Gasteiger partial charge on any atom is 0.226 e. The summed E-state index contributed by atoms with van der Waals surface area (Å²) in [7, 11) is 0. The Morgan fingerprint density at radius 2 is 1.59 bits per heavy atom. The van der Waals surface area contributed by atoms with Gasteiger partial charge < -0.3 is 4.79 Å². The minimum absolute atomic E-state index is 0.0299. The molecule has 37 heavy (non-hydrogen) atoms. The van der Waals surface area contributed by atoms with E-state index in [0.29, 0.717) is 0 Å². The van der Waals surface area contributed by atoms with Crippen LogP contribution in [0, 0.1) is 25.3 Å². The maximum absolute atomic E-state index is 12.9. The Bertz CT molecular complexity index is 1570. The van der Waals surface area contributed by atoms with E-state index in [2.05, 4.69) is 84.0 Å². The zero-order valence-corrected chi connectivity index (χ0v) is 21.4. The molecule has 1 heterocycles. The number of ketones is 1. The average molecular weight is 484 g/mol. The molecule has 2 aliphatic carbocycles. The fourth-order valence-corrected chi connectivity index (χ4v) is 6.37. The van der Waals surface area contributed by atoms with Crippen LogP contribution in [0.15, 0.2) is 90.6 Å². The molecule has 3 aromatic carbocycles. The lowest BCUT2D eigenvalue weighted by atomic mass is 9.58. The van der Waals surface area contributed by atoms with Crippen LogP contribution >= 0.6 is 0 Å². The van der Waals surface area contributed by atoms with Gasteiger partial charge in [0.2, 0.25) is 5.70 Å². The zero-order valence-electron chi connectivity index (χ0n) is 21.4. The number of hydrogen-bond donors (Lipinski definition) is 0. The molecule has 4 heteroatoms. The molecule has 0 fully saturated rings. The molecule has 6 rings (SSSR count). The van der Waals surface area contributed by atoms with Crippen LogP contribution in [0.3, 0.4) is 0 Å². The molecular weight excluding hydrogens is 454 g/mol. The second-order valence-electron chi connectivity index (χ2n) is 10.6. The van der Waals surface area contributed by atoms with Crippen LogP contribution < -0.4 is 0 Å². The van der Waals surface area contributed by atoms with E-state index in [9.17, 15) is 4.79 Å². The summed E-state index contributed by atoms with van der Waals surface area (Å²) in [5.74, 6) is -0.0960. The van der Waals surface area contributed by atoms with E-state index in [4.69, 9.17) is 11.7 Å². The van der Waals surface area contributed by atoms with Gasteiger partial charge in [-0.1, -0.05) is 92.2 Å². The third kappa shape index (κ3) is 3.65. The van der Waals surface area contributed by atoms with Crippen molar-refractivity contribution < 1.29 is 4.79 Å². The van der Waals surface area contributed by atoms with Crippen molar-refractivity contribution in [2.45, 2.75) is 39.0 Å². The number of benzene rings is 3. The summed E-state index contributed by atoms with van der Waals surface area (Å²) < 4.78 is 2.07. The van der Waals surface area contributed by atoms with Crippen LogP contribution in [0.25, 0.3) is 32.9 Å². The van der Waals surface area contributed by atoms with Gasteiger partial charge in [0.25, 0.3) is 0 Å². The molecular formula is C33H29N3O. The van der Waals surface area contributed by atoms with E-state index >= 15 is 0 Å². The van der Waals surface area contributed by atoms with Crippen molar-refractivity contribution in [3.63, 3.8) is 0 Å². The smallest absolute Gasteiger partial charge is 0.226 e. The lowest BCUT2D eigenvalue weighted by molar-refractivity contribution is -0.121. The van der Waals surface area contributed by atoms with Gasteiger partial charge in [0, 0.05) is 22.5 Å². The highest BCUT2D eigenvalue weighted by atomic mass is 16.1. The molecule has 0 aliphatic heterocycles. The molecule has 0 saturated heterocycles. The zero-order chi connectivity index (χ0) is 25.7. The standard InChI is InChI=1S/C33H29N3O/c1-21-10-12-23(13-11-21)24-14-16-26(17-15-24)36-32-27(30(35-36)25-8-6-5-7-9-25)18-19-28-22(2)31(37)29(34-4)20-33(28,32)3/h5-17,20,22,28H,18-19H2,1-3H3/t22-,28-,33-/m1/s1. The third-order valence-electron chi connectivity index (χ3n) is 8.34. The molecule has 2 aliphatic rings. The van der Waals surface area contributed by atoms with E-state index in [-0.39, 0.29) is 23.3 Å². The third-order valence-corrected chi connectivity index (χ3v) is 8.34. The van der Waals surface area contributed by atoms with Crippen molar-refractivity contribution >= 4 is 5.78 Å². The molecule has 0 saturated carbocycles. The molecule has 1 aromatic heterocycles. The van der Waals surface area contributed by atoms with Crippen LogP contribution in [0.1, 0.15) is 37.1 Å². The van der Waals surface area contributed by atoms with Gasteiger partial charge in [0.1, 0.15) is 0 Å². The summed E-state index contributed by atoms with van der Waals surface area (Å²) in [5, 5.41) is 5.20. The molecule has 182 valence electrons. The minimum atomic E-state index is -0.462. The first-order valence-electron chi connectivity index (χ1n) is 12.9. The van der Waals surface area contributed by atoms with Crippen LogP contribution in [-0.4, -0.2) is 15.6 Å². The summed E-state index contributed by atoms with van der Waals surface area (Å²) in [6.45, 7) is 14.0. The SMILES string of the molecule is [C-]#[N+]C1=C[C@@]2(C)c3c(c(-c4ccccc4)nn3-c3ccc(-c4ccc(C)cc4)cc3)CC[C@@H]2[C@@H](C)C1=O. The van der Waals surface area contributed by atoms with Gasteiger partial charge in [0.05, 0.1) is 23.6 Å². The van der Waals surface area contributed by atoms with Crippen molar-refractivity contribution in [2.75, 3.05) is 0 Å². The summed E-state index contributed by atoms with van der Waals surface area (Å²) in [6, 6.07) is 27.4. The Labute approximate surface area is 218 Å². The Morgan fingerprint density at radius 3 is 2.24 bits per heavy atom. The number of aryl methyl sites for hydroxylation is 1. The molecule has 0 amide bonds. The summed E-state index contributed by atoms with van der Waals surface area (Å²) >= 11 is 0. The lowest BCUT2D eigenvalue weighted by Crippen LogP contribution is -2.46. The van der Waals surface area contributed by atoms with E-state index in [0.717, 1.165) is 41.0 Å². The van der Waals surface area contributed by atoms with Crippen molar-refractivity contribution in [1.82, 2.24) is 9.78 Å². The number of rotatable bonds is 3. The fraction of sp³-hybridized carbons (Fsp3) is 0.242. The molecule has 3 atom stereocenters. The molecule has 0 spiro atoms. The predicted molar refractivity (Wildman–Crippen MR) is 147 cm³/mol. The van der Waals surface area contributed by atoms with Gasteiger partial charge in [-0.15, -0.1) is 0 Å². The summed E-state index contributed by atoms with van der Waals surface area (Å²) in [6.07, 6.45) is 3.69. The Hall–Kier alpha value is -4.23. The average Bonchev–Trinajstić information content (AvgIpc) is 3.33. The number of aromatic nitrogens is 2. The van der Waals surface area contributed by atoms with Crippen LogP contribution in [0.4, 0.5) is 0 Å². The Kier molecular flexibility index (Phi) is 5.46. The monoisotopic (exact) mass is 483 g/mol. The van der Waals surface area contributed by atoms with E-state index in [1.54, 1.807) is 0 Å². The molecule has 0 radical (unpaired) electrons. The van der Waals surface area contributed by atoms with Gasteiger partial charge in [-0.25, -0.2) is 9.53 Å². The van der Waals surface area contributed by atoms with Gasteiger partial charge >= 0.3 is 0 Å². The second-order valence-corrected chi connectivity index (χ2v) is 10.6. The number of carbonyl (C=O) groups is 1. The van der Waals surface area contributed by atoms with Crippen molar-refractivity contribution in [3.8, 4) is 28.1 Å². The van der Waals surface area contributed by atoms with Crippen LogP contribution in [0.5, 0.6) is 0 Å². The number of nitrogens with zero attached hydrogens (tertiary/aromatic N) is 3. The largest absolute Gasteiger partial charge is 0.308 e. The molecule has 0 N–H and O–H groups in total. The summed E-state index contributed by atoms with van der Waals surface area (Å²) in [5.41, 5.74) is 8.75. The number of carbonyl (C=O) groups excluding carboxylic acids is 1. The van der Waals surface area contributed by atoms with Gasteiger partial charge in [-0.3, -0.25) is 0 Å². The number of Topliss-reactive ketones (excluding diaryl/α,β-unsaturated/α-hetero) is 1.